The van der Waals surface area contributed by atoms with Gasteiger partial charge in [0.25, 0.3) is 5.91 Å². The number of ether oxygens (including phenoxy) is 2. The molecular weight excluding hydrogens is 360 g/mol. The van der Waals surface area contributed by atoms with E-state index in [0.29, 0.717) is 30.8 Å². The first-order valence-corrected chi connectivity index (χ1v) is 9.78. The number of hydrogen-bond acceptors (Lipinski definition) is 5. The van der Waals surface area contributed by atoms with Gasteiger partial charge < -0.3 is 20.1 Å². The molecule has 1 aliphatic carbocycles. The maximum absolute atomic E-state index is 12.1. The van der Waals surface area contributed by atoms with Gasteiger partial charge in [-0.05, 0) is 63.3 Å². The van der Waals surface area contributed by atoms with Crippen molar-refractivity contribution < 1.29 is 23.9 Å². The molecule has 1 aromatic carbocycles. The van der Waals surface area contributed by atoms with E-state index >= 15 is 0 Å². The third kappa shape index (κ3) is 7.82. The molecule has 0 aliphatic heterocycles. The minimum Gasteiger partial charge on any atom is -0.434 e. The van der Waals surface area contributed by atoms with Gasteiger partial charge in [0.15, 0.2) is 0 Å². The molecule has 152 valence electrons. The zero-order chi connectivity index (χ0) is 20.2. The van der Waals surface area contributed by atoms with E-state index in [1.807, 2.05) is 0 Å². The molecular formula is C21H28N2O5. The predicted molar refractivity (Wildman–Crippen MR) is 105 cm³/mol. The fourth-order valence-electron chi connectivity index (χ4n) is 2.91. The maximum atomic E-state index is 12.1. The maximum Gasteiger partial charge on any atom is 0.513 e. The average molecular weight is 388 g/mol. The van der Waals surface area contributed by atoms with Crippen LogP contribution in [0.1, 0.15) is 55.8 Å². The molecule has 2 rings (SSSR count). The van der Waals surface area contributed by atoms with Crippen molar-refractivity contribution in [1.82, 2.24) is 10.6 Å². The summed E-state index contributed by atoms with van der Waals surface area (Å²) in [7, 11) is 0. The number of carbonyl (C=O) groups excluding carboxylic acids is 3. The van der Waals surface area contributed by atoms with Crippen LogP contribution in [0.2, 0.25) is 0 Å². The van der Waals surface area contributed by atoms with Gasteiger partial charge in [-0.2, -0.15) is 0 Å². The Morgan fingerprint density at radius 3 is 2.36 bits per heavy atom. The van der Waals surface area contributed by atoms with Crippen molar-refractivity contribution in [1.29, 1.82) is 0 Å². The van der Waals surface area contributed by atoms with E-state index in [1.165, 1.54) is 37.0 Å². The number of amides is 2. The van der Waals surface area contributed by atoms with Gasteiger partial charge in [-0.1, -0.05) is 12.0 Å². The fraction of sp³-hybridized carbons (Fsp3) is 0.476. The first-order valence-electron chi connectivity index (χ1n) is 9.78. The van der Waals surface area contributed by atoms with E-state index < -0.39 is 6.16 Å². The van der Waals surface area contributed by atoms with Gasteiger partial charge in [0, 0.05) is 24.7 Å². The lowest BCUT2D eigenvalue weighted by atomic mass is 9.95. The summed E-state index contributed by atoms with van der Waals surface area (Å²) in [6.45, 7) is 2.89. The van der Waals surface area contributed by atoms with Crippen LogP contribution in [-0.4, -0.2) is 37.7 Å². The molecule has 0 atom stereocenters. The highest BCUT2D eigenvalue weighted by molar-refractivity contribution is 5.94. The molecule has 1 saturated carbocycles. The van der Waals surface area contributed by atoms with Gasteiger partial charge in [0.1, 0.15) is 5.75 Å². The summed E-state index contributed by atoms with van der Waals surface area (Å²) >= 11 is 0. The van der Waals surface area contributed by atoms with Crippen molar-refractivity contribution in [2.75, 3.05) is 19.7 Å². The van der Waals surface area contributed by atoms with Crippen LogP contribution in [0.25, 0.3) is 0 Å². The van der Waals surface area contributed by atoms with Gasteiger partial charge in [0.2, 0.25) is 5.91 Å². The first-order chi connectivity index (χ1) is 13.6. The Bertz CT molecular complexity index is 689. The molecule has 28 heavy (non-hydrogen) atoms. The topological polar surface area (TPSA) is 93.7 Å². The fourth-order valence-corrected chi connectivity index (χ4v) is 2.91. The summed E-state index contributed by atoms with van der Waals surface area (Å²) in [6.07, 6.45) is 7.21. The summed E-state index contributed by atoms with van der Waals surface area (Å²) in [6, 6.07) is 6.21. The Balaban J connectivity index is 1.64. The third-order valence-electron chi connectivity index (χ3n) is 4.35. The first kappa shape index (κ1) is 21.5. The van der Waals surface area contributed by atoms with Gasteiger partial charge in [-0.3, -0.25) is 9.59 Å². The molecule has 7 nitrogen and oxygen atoms in total. The molecule has 0 unspecified atom stereocenters. The highest BCUT2D eigenvalue weighted by Gasteiger charge is 2.09. The second-order valence-electron chi connectivity index (χ2n) is 6.57. The quantitative estimate of drug-likeness (QED) is 0.308. The molecule has 0 bridgehead atoms. The second kappa shape index (κ2) is 11.8. The standard InChI is InChI=1S/C21H28N2O5/c1-2-27-21(26)28-18-11-9-17(10-12-18)20(25)23-14-6-13-22-19(24)15-16-7-4-3-5-8-16/h9-12,15H,2-8,13-14H2,1H3,(H,22,24)(H,23,25). The Kier molecular flexibility index (Phi) is 9.04. The van der Waals surface area contributed by atoms with Gasteiger partial charge in [-0.15, -0.1) is 0 Å². The summed E-state index contributed by atoms with van der Waals surface area (Å²) in [5, 5.41) is 5.65. The molecule has 0 spiro atoms. The molecule has 2 N–H and O–H groups in total. The predicted octanol–water partition coefficient (Wildman–Crippen LogP) is 3.35. The SMILES string of the molecule is CCOC(=O)Oc1ccc(C(=O)NCCCNC(=O)C=C2CCCCC2)cc1. The monoisotopic (exact) mass is 388 g/mol. The molecule has 0 heterocycles. The van der Waals surface area contributed by atoms with Gasteiger partial charge in [-0.25, -0.2) is 4.79 Å². The molecule has 0 saturated heterocycles. The Morgan fingerprint density at radius 1 is 1.00 bits per heavy atom. The Morgan fingerprint density at radius 2 is 1.68 bits per heavy atom. The van der Waals surface area contributed by atoms with Gasteiger partial charge in [0.05, 0.1) is 6.61 Å². The van der Waals surface area contributed by atoms with Crippen molar-refractivity contribution in [3.05, 3.63) is 41.5 Å². The molecule has 1 aromatic rings. The van der Waals surface area contributed by atoms with E-state index in [0.717, 1.165) is 12.8 Å². The number of allylic oxidation sites excluding steroid dienone is 1. The van der Waals surface area contributed by atoms with E-state index in [4.69, 9.17) is 4.74 Å². The number of rotatable bonds is 8. The number of benzene rings is 1. The minimum atomic E-state index is -0.777. The van der Waals surface area contributed by atoms with Gasteiger partial charge >= 0.3 is 6.16 Å². The van der Waals surface area contributed by atoms with Crippen LogP contribution in [0.3, 0.4) is 0 Å². The summed E-state index contributed by atoms with van der Waals surface area (Å²) in [4.78, 5) is 35.2. The van der Waals surface area contributed by atoms with Crippen LogP contribution >= 0.6 is 0 Å². The van der Waals surface area contributed by atoms with Crippen LogP contribution in [0.15, 0.2) is 35.9 Å². The van der Waals surface area contributed by atoms with Crippen LogP contribution in [-0.2, 0) is 9.53 Å². The highest BCUT2D eigenvalue weighted by atomic mass is 16.7. The molecule has 7 heteroatoms. The summed E-state index contributed by atoms with van der Waals surface area (Å²) < 4.78 is 9.63. The average Bonchev–Trinajstić information content (AvgIpc) is 2.69. The third-order valence-corrected chi connectivity index (χ3v) is 4.35. The highest BCUT2D eigenvalue weighted by Crippen LogP contribution is 2.22. The molecule has 1 fully saturated rings. The van der Waals surface area contributed by atoms with Crippen LogP contribution in [0.5, 0.6) is 5.75 Å². The van der Waals surface area contributed by atoms with Crippen LogP contribution < -0.4 is 15.4 Å². The minimum absolute atomic E-state index is 0.0552. The van der Waals surface area contributed by atoms with E-state index in [1.54, 1.807) is 25.1 Å². The molecule has 2 amide bonds. The van der Waals surface area contributed by atoms with Crippen molar-refractivity contribution in [3.63, 3.8) is 0 Å². The van der Waals surface area contributed by atoms with Crippen LogP contribution in [0.4, 0.5) is 4.79 Å². The largest absolute Gasteiger partial charge is 0.513 e. The lowest BCUT2D eigenvalue weighted by Crippen LogP contribution is -2.29. The van der Waals surface area contributed by atoms with E-state index in [2.05, 4.69) is 15.4 Å². The Hall–Kier alpha value is -2.83. The summed E-state index contributed by atoms with van der Waals surface area (Å²) in [5.41, 5.74) is 1.69. The van der Waals surface area contributed by atoms with Crippen molar-refractivity contribution in [2.45, 2.75) is 45.4 Å². The second-order valence-corrected chi connectivity index (χ2v) is 6.57. The van der Waals surface area contributed by atoms with E-state index in [-0.39, 0.29) is 18.4 Å². The summed E-state index contributed by atoms with van der Waals surface area (Å²) in [5.74, 6) is 0.0311. The zero-order valence-corrected chi connectivity index (χ0v) is 16.3. The van der Waals surface area contributed by atoms with Crippen LogP contribution in [0, 0.1) is 0 Å². The van der Waals surface area contributed by atoms with Crippen molar-refractivity contribution in [3.8, 4) is 5.75 Å². The number of hydrogen-bond donors (Lipinski definition) is 2. The van der Waals surface area contributed by atoms with E-state index in [9.17, 15) is 14.4 Å². The van der Waals surface area contributed by atoms with Crippen molar-refractivity contribution >= 4 is 18.0 Å². The Labute approximate surface area is 165 Å². The smallest absolute Gasteiger partial charge is 0.434 e. The molecule has 1 aliphatic rings. The number of carbonyl (C=O) groups is 3. The zero-order valence-electron chi connectivity index (χ0n) is 16.3. The normalized spacial score (nSPS) is 13.4. The molecule has 0 radical (unpaired) electrons. The number of nitrogens with one attached hydrogen (secondary N) is 2. The lowest BCUT2D eigenvalue weighted by Gasteiger charge is -2.13. The van der Waals surface area contributed by atoms with Crippen molar-refractivity contribution in [2.24, 2.45) is 0 Å². The molecule has 0 aromatic heterocycles. The lowest BCUT2D eigenvalue weighted by molar-refractivity contribution is -0.116.